The molecule has 76 valence electrons. The smallest absolute Gasteiger partial charge is 0.152 e. The van der Waals surface area contributed by atoms with Crippen molar-refractivity contribution in [1.82, 2.24) is 0 Å². The molecule has 0 saturated carbocycles. The van der Waals surface area contributed by atoms with Gasteiger partial charge in [-0.1, -0.05) is 12.2 Å². The molecule has 0 unspecified atom stereocenters. The Bertz CT molecular complexity index is 296. The summed E-state index contributed by atoms with van der Waals surface area (Å²) in [4.78, 5) is 10.1. The summed E-state index contributed by atoms with van der Waals surface area (Å²) in [6, 6.07) is 0. The molecule has 1 rings (SSSR count). The Morgan fingerprint density at radius 2 is 1.07 bits per heavy atom. The lowest BCUT2D eigenvalue weighted by Gasteiger charge is -2.07. The minimum absolute atomic E-state index is 0.749. The van der Waals surface area contributed by atoms with Crippen molar-refractivity contribution in [2.45, 2.75) is 27.7 Å². The van der Waals surface area contributed by atoms with Crippen LogP contribution < -0.4 is 0 Å². The van der Waals surface area contributed by atoms with Crippen molar-refractivity contribution < 1.29 is 9.78 Å². The molecule has 0 aromatic rings. The summed E-state index contributed by atoms with van der Waals surface area (Å²) < 4.78 is 0. The molecule has 0 bridgehead atoms. The number of hydrogen-bond acceptors (Lipinski definition) is 2. The van der Waals surface area contributed by atoms with Crippen LogP contribution in [-0.4, -0.2) is 0 Å². The predicted molar refractivity (Wildman–Crippen MR) is 57.2 cm³/mol. The SMILES string of the molecule is CC1=C/C=C(C)\C=C(\C)OO/C(C)=C\1. The van der Waals surface area contributed by atoms with Crippen LogP contribution in [0.5, 0.6) is 0 Å². The van der Waals surface area contributed by atoms with Crippen LogP contribution in [0.4, 0.5) is 0 Å². The van der Waals surface area contributed by atoms with Gasteiger partial charge in [0.1, 0.15) is 0 Å². The zero-order chi connectivity index (χ0) is 10.6. The van der Waals surface area contributed by atoms with Crippen molar-refractivity contribution in [3.05, 3.63) is 47.0 Å². The molecule has 1 heterocycles. The molecule has 1 aliphatic rings. The topological polar surface area (TPSA) is 18.5 Å². The molecule has 0 amide bonds. The highest BCUT2D eigenvalue weighted by atomic mass is 17.2. The Hall–Kier alpha value is -1.44. The molecule has 0 radical (unpaired) electrons. The highest BCUT2D eigenvalue weighted by molar-refractivity contribution is 5.29. The van der Waals surface area contributed by atoms with Crippen molar-refractivity contribution in [2.75, 3.05) is 0 Å². The summed E-state index contributed by atoms with van der Waals surface area (Å²) in [7, 11) is 0. The van der Waals surface area contributed by atoms with Gasteiger partial charge in [-0.15, -0.1) is 0 Å². The van der Waals surface area contributed by atoms with E-state index in [1.807, 2.05) is 39.8 Å². The lowest BCUT2D eigenvalue weighted by Crippen LogP contribution is -1.92. The predicted octanol–water partition coefficient (Wildman–Crippen LogP) is 3.65. The fraction of sp³-hybridized carbons (Fsp3) is 0.333. The molecular weight excluding hydrogens is 176 g/mol. The van der Waals surface area contributed by atoms with E-state index in [0.717, 1.165) is 22.7 Å². The quantitative estimate of drug-likeness (QED) is 0.545. The normalized spacial score (nSPS) is 32.9. The van der Waals surface area contributed by atoms with Crippen LogP contribution >= 0.6 is 0 Å². The monoisotopic (exact) mass is 192 g/mol. The van der Waals surface area contributed by atoms with Gasteiger partial charge in [-0.2, -0.15) is 0 Å². The van der Waals surface area contributed by atoms with E-state index in [2.05, 4.69) is 12.2 Å². The molecule has 0 aliphatic carbocycles. The Labute approximate surface area is 85.1 Å². The molecule has 0 atom stereocenters. The third-order valence-corrected chi connectivity index (χ3v) is 1.78. The molecule has 0 aromatic carbocycles. The Balaban J connectivity index is 2.99. The fourth-order valence-electron chi connectivity index (χ4n) is 1.18. The van der Waals surface area contributed by atoms with Crippen LogP contribution in [0.25, 0.3) is 0 Å². The van der Waals surface area contributed by atoms with Gasteiger partial charge in [0.25, 0.3) is 0 Å². The van der Waals surface area contributed by atoms with Crippen LogP contribution in [0.2, 0.25) is 0 Å². The molecule has 0 aromatic heterocycles. The Morgan fingerprint density at radius 1 is 0.714 bits per heavy atom. The minimum atomic E-state index is 0.749. The van der Waals surface area contributed by atoms with E-state index >= 15 is 0 Å². The van der Waals surface area contributed by atoms with Crippen molar-refractivity contribution in [3.63, 3.8) is 0 Å². The Kier molecular flexibility index (Phi) is 3.57. The molecule has 14 heavy (non-hydrogen) atoms. The van der Waals surface area contributed by atoms with E-state index in [9.17, 15) is 0 Å². The van der Waals surface area contributed by atoms with Crippen molar-refractivity contribution in [2.24, 2.45) is 0 Å². The van der Waals surface area contributed by atoms with Crippen molar-refractivity contribution >= 4 is 0 Å². The average Bonchev–Trinajstić information content (AvgIpc) is 2.11. The summed E-state index contributed by atoms with van der Waals surface area (Å²) in [5, 5.41) is 0. The second kappa shape index (κ2) is 4.70. The van der Waals surface area contributed by atoms with E-state index < -0.39 is 0 Å². The molecule has 0 fully saturated rings. The first-order chi connectivity index (χ1) is 6.58. The first-order valence-corrected chi connectivity index (χ1v) is 4.64. The van der Waals surface area contributed by atoms with Crippen LogP contribution in [0.15, 0.2) is 47.0 Å². The average molecular weight is 192 g/mol. The third-order valence-electron chi connectivity index (χ3n) is 1.78. The van der Waals surface area contributed by atoms with Crippen LogP contribution in [0.1, 0.15) is 27.7 Å². The third kappa shape index (κ3) is 3.52. The zero-order valence-corrected chi connectivity index (χ0v) is 9.13. The summed E-state index contributed by atoms with van der Waals surface area (Å²) >= 11 is 0. The van der Waals surface area contributed by atoms with Gasteiger partial charge in [-0.05, 0) is 51.0 Å². The van der Waals surface area contributed by atoms with E-state index in [0.29, 0.717) is 0 Å². The van der Waals surface area contributed by atoms with Gasteiger partial charge in [0.15, 0.2) is 11.5 Å². The van der Waals surface area contributed by atoms with Crippen molar-refractivity contribution in [3.8, 4) is 0 Å². The van der Waals surface area contributed by atoms with E-state index in [1.165, 1.54) is 0 Å². The van der Waals surface area contributed by atoms with Gasteiger partial charge in [-0.3, -0.25) is 9.78 Å². The lowest BCUT2D eigenvalue weighted by atomic mass is 10.2. The van der Waals surface area contributed by atoms with Gasteiger partial charge in [0.05, 0.1) is 0 Å². The van der Waals surface area contributed by atoms with Gasteiger partial charge in [0, 0.05) is 0 Å². The maximum atomic E-state index is 5.07. The summed E-state index contributed by atoms with van der Waals surface area (Å²) in [6.07, 6.45) is 7.97. The highest BCUT2D eigenvalue weighted by Gasteiger charge is 1.97. The summed E-state index contributed by atoms with van der Waals surface area (Å²) in [5.74, 6) is 1.50. The van der Waals surface area contributed by atoms with Crippen LogP contribution in [0, 0.1) is 0 Å². The zero-order valence-electron chi connectivity index (χ0n) is 9.13. The first kappa shape index (κ1) is 10.6. The van der Waals surface area contributed by atoms with Gasteiger partial charge in [-0.25, -0.2) is 0 Å². The fourth-order valence-corrected chi connectivity index (χ4v) is 1.18. The second-order valence-electron chi connectivity index (χ2n) is 3.50. The van der Waals surface area contributed by atoms with Crippen molar-refractivity contribution in [1.29, 1.82) is 0 Å². The van der Waals surface area contributed by atoms with Crippen LogP contribution in [0.3, 0.4) is 0 Å². The largest absolute Gasteiger partial charge is 0.295 e. The number of hydrogen-bond donors (Lipinski definition) is 0. The molecule has 0 saturated heterocycles. The first-order valence-electron chi connectivity index (χ1n) is 4.64. The molecule has 2 nitrogen and oxygen atoms in total. The summed E-state index contributed by atoms with van der Waals surface area (Å²) in [6.45, 7) is 7.77. The molecule has 0 N–H and O–H groups in total. The van der Waals surface area contributed by atoms with Crippen LogP contribution in [-0.2, 0) is 9.78 Å². The molecule has 2 heteroatoms. The molecule has 0 spiro atoms. The second-order valence-corrected chi connectivity index (χ2v) is 3.50. The lowest BCUT2D eigenvalue weighted by molar-refractivity contribution is -0.224. The maximum absolute atomic E-state index is 5.07. The minimum Gasteiger partial charge on any atom is -0.295 e. The maximum Gasteiger partial charge on any atom is 0.152 e. The summed E-state index contributed by atoms with van der Waals surface area (Å²) in [5.41, 5.74) is 2.27. The number of rotatable bonds is 0. The molecule has 1 aliphatic heterocycles. The Morgan fingerprint density at radius 3 is 1.43 bits per heavy atom. The van der Waals surface area contributed by atoms with Gasteiger partial charge in [0.2, 0.25) is 0 Å². The molecular formula is C12H16O2. The van der Waals surface area contributed by atoms with E-state index in [4.69, 9.17) is 9.78 Å². The van der Waals surface area contributed by atoms with E-state index in [1.54, 1.807) is 0 Å². The standard InChI is InChI=1S/C12H16O2/c1-9-5-6-10(2)8-12(4)14-13-11(3)7-9/h5-8H,1-4H3/b9-5-,10-6-,11-7-,12-8-. The highest BCUT2D eigenvalue weighted by Crippen LogP contribution is 2.11. The van der Waals surface area contributed by atoms with Gasteiger partial charge >= 0.3 is 0 Å². The number of allylic oxidation sites excluding steroid dienone is 8. The van der Waals surface area contributed by atoms with E-state index in [-0.39, 0.29) is 0 Å². The van der Waals surface area contributed by atoms with Gasteiger partial charge < -0.3 is 0 Å².